The van der Waals surface area contributed by atoms with E-state index in [2.05, 4.69) is 26.9 Å². The lowest BCUT2D eigenvalue weighted by Gasteiger charge is -2.38. The Bertz CT molecular complexity index is 547. The van der Waals surface area contributed by atoms with Crippen LogP contribution in [0.3, 0.4) is 0 Å². The number of nitriles is 1. The van der Waals surface area contributed by atoms with Gasteiger partial charge in [-0.05, 0) is 58.7 Å². The quantitative estimate of drug-likeness (QED) is 0.837. The lowest BCUT2D eigenvalue weighted by atomic mass is 10.0. The van der Waals surface area contributed by atoms with E-state index in [0.29, 0.717) is 0 Å². The van der Waals surface area contributed by atoms with Crippen molar-refractivity contribution in [2.24, 2.45) is 0 Å². The molecule has 2 aliphatic rings. The fourth-order valence-electron chi connectivity index (χ4n) is 3.77. The summed E-state index contributed by atoms with van der Waals surface area (Å²) in [6, 6.07) is 5.16. The molecule has 112 valence electrons. The number of nitrogens with zero attached hydrogens (tertiary/aromatic N) is 4. The summed E-state index contributed by atoms with van der Waals surface area (Å²) < 4.78 is 0. The van der Waals surface area contributed by atoms with Crippen molar-refractivity contribution in [3.8, 4) is 6.07 Å². The van der Waals surface area contributed by atoms with Crippen molar-refractivity contribution in [2.45, 2.75) is 45.6 Å². The van der Waals surface area contributed by atoms with Gasteiger partial charge in [-0.3, -0.25) is 4.98 Å². The number of piperidine rings is 1. The number of anilines is 1. The molecular formula is C17H24N4. The second kappa shape index (κ2) is 6.03. The van der Waals surface area contributed by atoms with Crippen LogP contribution >= 0.6 is 0 Å². The number of aryl methyl sites for hydroxylation is 2. The molecule has 0 atom stereocenters. The number of hydrogen-bond acceptors (Lipinski definition) is 4. The molecule has 0 N–H and O–H groups in total. The van der Waals surface area contributed by atoms with Crippen molar-refractivity contribution in [3.63, 3.8) is 0 Å². The van der Waals surface area contributed by atoms with E-state index in [4.69, 9.17) is 0 Å². The number of likely N-dealkylation sites (tertiary alicyclic amines) is 1. The number of hydrogen-bond donors (Lipinski definition) is 0. The third-order valence-corrected chi connectivity index (χ3v) is 4.88. The molecule has 0 aliphatic carbocycles. The summed E-state index contributed by atoms with van der Waals surface area (Å²) in [4.78, 5) is 9.46. The molecule has 2 fully saturated rings. The van der Waals surface area contributed by atoms with Crippen LogP contribution in [0.2, 0.25) is 0 Å². The first-order valence-electron chi connectivity index (χ1n) is 8.06. The summed E-state index contributed by atoms with van der Waals surface area (Å²) in [5.74, 6) is 0. The highest BCUT2D eigenvalue weighted by atomic mass is 15.2. The van der Waals surface area contributed by atoms with E-state index in [1.165, 1.54) is 38.8 Å². The van der Waals surface area contributed by atoms with Crippen molar-refractivity contribution in [2.75, 3.05) is 31.1 Å². The topological polar surface area (TPSA) is 43.2 Å². The Morgan fingerprint density at radius 3 is 2.43 bits per heavy atom. The molecule has 21 heavy (non-hydrogen) atoms. The van der Waals surface area contributed by atoms with Crippen LogP contribution in [0.4, 0.5) is 5.69 Å². The predicted molar refractivity (Wildman–Crippen MR) is 84.5 cm³/mol. The van der Waals surface area contributed by atoms with Gasteiger partial charge in [0.2, 0.25) is 0 Å². The van der Waals surface area contributed by atoms with Gasteiger partial charge in [0, 0.05) is 24.8 Å². The molecule has 1 aromatic heterocycles. The molecule has 4 heteroatoms. The van der Waals surface area contributed by atoms with E-state index in [0.717, 1.165) is 41.8 Å². The molecule has 0 radical (unpaired) electrons. The zero-order chi connectivity index (χ0) is 14.8. The van der Waals surface area contributed by atoms with Crippen molar-refractivity contribution in [1.82, 2.24) is 9.88 Å². The van der Waals surface area contributed by atoms with E-state index in [1.54, 1.807) is 0 Å². The van der Waals surface area contributed by atoms with Crippen LogP contribution in [0.25, 0.3) is 0 Å². The normalized spacial score (nSPS) is 20.7. The van der Waals surface area contributed by atoms with Crippen LogP contribution in [-0.2, 0) is 0 Å². The third-order valence-electron chi connectivity index (χ3n) is 4.88. The maximum Gasteiger partial charge on any atom is 0.103 e. The highest BCUT2D eigenvalue weighted by Gasteiger charge is 2.27. The van der Waals surface area contributed by atoms with Gasteiger partial charge in [0.05, 0.1) is 16.9 Å². The van der Waals surface area contributed by atoms with Crippen LogP contribution in [0.15, 0.2) is 6.07 Å². The Kier molecular flexibility index (Phi) is 4.12. The highest BCUT2D eigenvalue weighted by Crippen LogP contribution is 2.28. The van der Waals surface area contributed by atoms with Gasteiger partial charge in [-0.1, -0.05) is 0 Å². The maximum atomic E-state index is 9.42. The Labute approximate surface area is 127 Å². The van der Waals surface area contributed by atoms with Crippen LogP contribution < -0.4 is 4.90 Å². The summed E-state index contributed by atoms with van der Waals surface area (Å²) in [7, 11) is 0. The van der Waals surface area contributed by atoms with Gasteiger partial charge in [-0.2, -0.15) is 5.26 Å². The van der Waals surface area contributed by atoms with Gasteiger partial charge >= 0.3 is 0 Å². The second-order valence-electron chi connectivity index (χ2n) is 6.32. The SMILES string of the molecule is Cc1cc(N2CCC(N3CCCC3)CC2)c(C#N)c(C)n1. The average molecular weight is 284 g/mol. The highest BCUT2D eigenvalue weighted by molar-refractivity contribution is 5.61. The summed E-state index contributed by atoms with van der Waals surface area (Å²) in [6.07, 6.45) is 5.15. The summed E-state index contributed by atoms with van der Waals surface area (Å²) >= 11 is 0. The van der Waals surface area contributed by atoms with E-state index < -0.39 is 0 Å². The van der Waals surface area contributed by atoms with E-state index in [1.807, 2.05) is 13.8 Å². The second-order valence-corrected chi connectivity index (χ2v) is 6.32. The fraction of sp³-hybridized carbons (Fsp3) is 0.647. The molecule has 3 rings (SSSR count). The number of rotatable bonds is 2. The predicted octanol–water partition coefficient (Wildman–Crippen LogP) is 2.63. The molecule has 0 aromatic carbocycles. The van der Waals surface area contributed by atoms with Gasteiger partial charge in [0.25, 0.3) is 0 Å². The lowest BCUT2D eigenvalue weighted by molar-refractivity contribution is 0.208. The molecule has 3 heterocycles. The van der Waals surface area contributed by atoms with Crippen molar-refractivity contribution in [1.29, 1.82) is 5.26 Å². The number of pyridine rings is 1. The first-order valence-corrected chi connectivity index (χ1v) is 8.06. The monoisotopic (exact) mass is 284 g/mol. The average Bonchev–Trinajstić information content (AvgIpc) is 3.01. The van der Waals surface area contributed by atoms with Crippen molar-refractivity contribution >= 4 is 5.69 Å². The molecule has 4 nitrogen and oxygen atoms in total. The summed E-state index contributed by atoms with van der Waals surface area (Å²) in [5, 5.41) is 9.42. The largest absolute Gasteiger partial charge is 0.370 e. The van der Waals surface area contributed by atoms with Crippen LogP contribution in [0.5, 0.6) is 0 Å². The molecule has 0 spiro atoms. The fourth-order valence-corrected chi connectivity index (χ4v) is 3.77. The van der Waals surface area contributed by atoms with E-state index in [9.17, 15) is 5.26 Å². The van der Waals surface area contributed by atoms with Crippen LogP contribution in [0, 0.1) is 25.2 Å². The smallest absolute Gasteiger partial charge is 0.103 e. The minimum Gasteiger partial charge on any atom is -0.370 e. The maximum absolute atomic E-state index is 9.42. The van der Waals surface area contributed by atoms with Crippen molar-refractivity contribution in [3.05, 3.63) is 23.0 Å². The Balaban J connectivity index is 1.73. The minimum atomic E-state index is 0.748. The molecule has 0 unspecified atom stereocenters. The molecule has 1 aromatic rings. The van der Waals surface area contributed by atoms with E-state index in [-0.39, 0.29) is 0 Å². The molecule has 0 amide bonds. The van der Waals surface area contributed by atoms with E-state index >= 15 is 0 Å². The van der Waals surface area contributed by atoms with Crippen LogP contribution in [-0.4, -0.2) is 42.1 Å². The summed E-state index contributed by atoms with van der Waals surface area (Å²) in [6.45, 7) is 8.61. The lowest BCUT2D eigenvalue weighted by Crippen LogP contribution is -2.44. The third kappa shape index (κ3) is 2.89. The van der Waals surface area contributed by atoms with Gasteiger partial charge < -0.3 is 9.80 Å². The van der Waals surface area contributed by atoms with Gasteiger partial charge in [0.1, 0.15) is 6.07 Å². The van der Waals surface area contributed by atoms with Crippen LogP contribution in [0.1, 0.15) is 42.6 Å². The zero-order valence-electron chi connectivity index (χ0n) is 13.1. The Morgan fingerprint density at radius 1 is 1.14 bits per heavy atom. The first kappa shape index (κ1) is 14.3. The molecule has 2 saturated heterocycles. The van der Waals surface area contributed by atoms with Gasteiger partial charge in [-0.25, -0.2) is 0 Å². The van der Waals surface area contributed by atoms with Gasteiger partial charge in [-0.15, -0.1) is 0 Å². The van der Waals surface area contributed by atoms with Gasteiger partial charge in [0.15, 0.2) is 0 Å². The Hall–Kier alpha value is -1.60. The molecule has 0 bridgehead atoms. The molecule has 0 saturated carbocycles. The summed E-state index contributed by atoms with van der Waals surface area (Å²) in [5.41, 5.74) is 3.69. The minimum absolute atomic E-state index is 0.748. The van der Waals surface area contributed by atoms with Crippen molar-refractivity contribution < 1.29 is 0 Å². The Morgan fingerprint density at radius 2 is 1.81 bits per heavy atom. The first-order chi connectivity index (χ1) is 10.2. The number of aromatic nitrogens is 1. The molecular weight excluding hydrogens is 260 g/mol. The standard InChI is InChI=1S/C17H24N4/c1-13-11-17(16(12-18)14(2)19-13)21-9-5-15(6-10-21)20-7-3-4-8-20/h11,15H,3-10H2,1-2H3. The molecule has 2 aliphatic heterocycles. The zero-order valence-corrected chi connectivity index (χ0v) is 13.1.